The van der Waals surface area contributed by atoms with Gasteiger partial charge in [0.15, 0.2) is 0 Å². The molecule has 0 aliphatic carbocycles. The SMILES string of the molecule is C=CCn1ncc(CN2CCC(c3nc4c(c(=O)[nH]3)CN(C(=O)CCC)CC4)CC2)c1C. The molecule has 2 aliphatic heterocycles. The first kappa shape index (κ1) is 22.5. The average Bonchev–Trinajstić information content (AvgIpc) is 3.13. The van der Waals surface area contributed by atoms with E-state index in [1.165, 1.54) is 11.3 Å². The Morgan fingerprint density at radius 2 is 2.09 bits per heavy atom. The fourth-order valence-electron chi connectivity index (χ4n) is 4.77. The molecule has 4 rings (SSSR count). The number of fused-ring (bicyclic) bond motifs is 1. The molecule has 0 radical (unpaired) electrons. The number of piperidine rings is 1. The van der Waals surface area contributed by atoms with E-state index in [9.17, 15) is 9.59 Å². The van der Waals surface area contributed by atoms with Crippen LogP contribution in [0.2, 0.25) is 0 Å². The third-order valence-electron chi connectivity index (χ3n) is 6.78. The Morgan fingerprint density at radius 1 is 1.31 bits per heavy atom. The number of allylic oxidation sites excluding steroid dienone is 1. The van der Waals surface area contributed by atoms with Crippen molar-refractivity contribution in [2.45, 2.75) is 71.5 Å². The van der Waals surface area contributed by atoms with E-state index in [2.05, 4.69) is 28.5 Å². The number of hydrogen-bond acceptors (Lipinski definition) is 5. The van der Waals surface area contributed by atoms with Crippen LogP contribution in [0.4, 0.5) is 0 Å². The minimum atomic E-state index is -0.0771. The summed E-state index contributed by atoms with van der Waals surface area (Å²) in [5.41, 5.74) is 3.91. The van der Waals surface area contributed by atoms with Gasteiger partial charge >= 0.3 is 0 Å². The highest BCUT2D eigenvalue weighted by Gasteiger charge is 2.27. The second-order valence-electron chi connectivity index (χ2n) is 8.97. The number of aromatic nitrogens is 4. The standard InChI is InChI=1S/C24H34N6O2/c1-4-6-22(31)29-13-9-21-20(16-29)24(32)27-23(26-21)18-7-11-28(12-8-18)15-19-14-25-30(10-5-2)17(19)3/h5,14,18H,2,4,6-13,15-16H2,1,3H3,(H,26,27,32). The summed E-state index contributed by atoms with van der Waals surface area (Å²) in [6.45, 7) is 12.5. The lowest BCUT2D eigenvalue weighted by Crippen LogP contribution is -2.40. The maximum atomic E-state index is 12.8. The minimum Gasteiger partial charge on any atom is -0.338 e. The number of likely N-dealkylation sites (tertiary alicyclic amines) is 1. The van der Waals surface area contributed by atoms with Crippen LogP contribution in [0.3, 0.4) is 0 Å². The first-order chi connectivity index (χ1) is 15.5. The summed E-state index contributed by atoms with van der Waals surface area (Å²) >= 11 is 0. The molecule has 0 unspecified atom stereocenters. The maximum absolute atomic E-state index is 12.8. The van der Waals surface area contributed by atoms with Crippen LogP contribution in [0, 0.1) is 6.92 Å². The molecule has 8 nitrogen and oxygen atoms in total. The van der Waals surface area contributed by atoms with E-state index >= 15 is 0 Å². The van der Waals surface area contributed by atoms with E-state index in [-0.39, 0.29) is 17.4 Å². The van der Waals surface area contributed by atoms with Crippen molar-refractivity contribution in [3.63, 3.8) is 0 Å². The summed E-state index contributed by atoms with van der Waals surface area (Å²) < 4.78 is 1.98. The molecule has 1 N–H and O–H groups in total. The Kier molecular flexibility index (Phi) is 6.89. The van der Waals surface area contributed by atoms with Gasteiger partial charge in [0.2, 0.25) is 5.91 Å². The van der Waals surface area contributed by atoms with Gasteiger partial charge in [0.05, 0.1) is 30.5 Å². The van der Waals surface area contributed by atoms with Crippen molar-refractivity contribution >= 4 is 5.91 Å². The summed E-state index contributed by atoms with van der Waals surface area (Å²) in [7, 11) is 0. The van der Waals surface area contributed by atoms with E-state index in [1.807, 2.05) is 23.9 Å². The lowest BCUT2D eigenvalue weighted by atomic mass is 9.95. The molecule has 1 saturated heterocycles. The number of amides is 1. The molecule has 0 aromatic carbocycles. The molecule has 1 fully saturated rings. The van der Waals surface area contributed by atoms with Gasteiger partial charge in [-0.1, -0.05) is 13.0 Å². The molecular weight excluding hydrogens is 404 g/mol. The molecule has 0 spiro atoms. The summed E-state index contributed by atoms with van der Waals surface area (Å²) in [5.74, 6) is 1.21. The highest BCUT2D eigenvalue weighted by atomic mass is 16.2. The van der Waals surface area contributed by atoms with Crippen molar-refractivity contribution in [3.05, 3.63) is 57.5 Å². The Hall–Kier alpha value is -2.74. The van der Waals surface area contributed by atoms with Crippen LogP contribution >= 0.6 is 0 Å². The van der Waals surface area contributed by atoms with Gasteiger partial charge in [0, 0.05) is 43.1 Å². The second-order valence-corrected chi connectivity index (χ2v) is 8.97. The molecule has 172 valence electrons. The summed E-state index contributed by atoms with van der Waals surface area (Å²) in [6, 6.07) is 0. The number of H-pyrrole nitrogens is 1. The molecule has 0 saturated carbocycles. The Bertz CT molecular complexity index is 1030. The van der Waals surface area contributed by atoms with Crippen LogP contribution < -0.4 is 5.56 Å². The van der Waals surface area contributed by atoms with Gasteiger partial charge in [-0.2, -0.15) is 5.10 Å². The van der Waals surface area contributed by atoms with Crippen LogP contribution in [0.15, 0.2) is 23.6 Å². The normalized spacial score (nSPS) is 17.4. The number of hydrogen-bond donors (Lipinski definition) is 1. The Balaban J connectivity index is 1.38. The first-order valence-electron chi connectivity index (χ1n) is 11.7. The quantitative estimate of drug-likeness (QED) is 0.672. The van der Waals surface area contributed by atoms with Crippen molar-refractivity contribution in [1.82, 2.24) is 29.5 Å². The molecule has 2 aromatic rings. The van der Waals surface area contributed by atoms with E-state index in [1.54, 1.807) is 4.90 Å². The van der Waals surface area contributed by atoms with Gasteiger partial charge in [-0.15, -0.1) is 6.58 Å². The fraction of sp³-hybridized carbons (Fsp3) is 0.583. The van der Waals surface area contributed by atoms with Gasteiger partial charge in [-0.3, -0.25) is 19.2 Å². The van der Waals surface area contributed by atoms with Crippen molar-refractivity contribution in [3.8, 4) is 0 Å². The van der Waals surface area contributed by atoms with Crippen LogP contribution in [0.5, 0.6) is 0 Å². The molecule has 2 aromatic heterocycles. The number of carbonyl (C=O) groups is 1. The Labute approximate surface area is 189 Å². The monoisotopic (exact) mass is 438 g/mol. The molecule has 0 atom stereocenters. The number of rotatable bonds is 7. The molecule has 32 heavy (non-hydrogen) atoms. The third-order valence-corrected chi connectivity index (χ3v) is 6.78. The summed E-state index contributed by atoms with van der Waals surface area (Å²) in [5, 5.41) is 4.46. The average molecular weight is 439 g/mol. The van der Waals surface area contributed by atoms with Crippen LogP contribution in [-0.4, -0.2) is 55.1 Å². The number of nitrogens with zero attached hydrogens (tertiary/aromatic N) is 5. The largest absolute Gasteiger partial charge is 0.338 e. The smallest absolute Gasteiger partial charge is 0.256 e. The zero-order valence-corrected chi connectivity index (χ0v) is 19.3. The molecule has 1 amide bonds. The molecule has 2 aliphatic rings. The number of aromatic amines is 1. The van der Waals surface area contributed by atoms with Crippen LogP contribution in [0.1, 0.15) is 66.9 Å². The van der Waals surface area contributed by atoms with Crippen LogP contribution in [0.25, 0.3) is 0 Å². The molecule has 8 heteroatoms. The molecule has 4 heterocycles. The first-order valence-corrected chi connectivity index (χ1v) is 11.7. The highest BCUT2D eigenvalue weighted by molar-refractivity contribution is 5.76. The van der Waals surface area contributed by atoms with E-state index in [0.717, 1.165) is 57.0 Å². The third kappa shape index (κ3) is 4.70. The number of carbonyl (C=O) groups excluding carboxylic acids is 1. The zero-order chi connectivity index (χ0) is 22.7. The van der Waals surface area contributed by atoms with Gasteiger partial charge in [0.25, 0.3) is 5.56 Å². The molecular formula is C24H34N6O2. The topological polar surface area (TPSA) is 87.1 Å². The van der Waals surface area contributed by atoms with E-state index < -0.39 is 0 Å². The summed E-state index contributed by atoms with van der Waals surface area (Å²) in [4.78, 5) is 37.2. The lowest BCUT2D eigenvalue weighted by Gasteiger charge is -2.32. The van der Waals surface area contributed by atoms with Crippen molar-refractivity contribution in [2.24, 2.45) is 0 Å². The van der Waals surface area contributed by atoms with Crippen molar-refractivity contribution in [1.29, 1.82) is 0 Å². The van der Waals surface area contributed by atoms with Gasteiger partial charge in [-0.05, 0) is 39.3 Å². The minimum absolute atomic E-state index is 0.0771. The number of nitrogens with one attached hydrogen (secondary N) is 1. The predicted molar refractivity (Wildman–Crippen MR) is 123 cm³/mol. The van der Waals surface area contributed by atoms with Gasteiger partial charge in [-0.25, -0.2) is 4.98 Å². The lowest BCUT2D eigenvalue weighted by molar-refractivity contribution is -0.132. The Morgan fingerprint density at radius 3 is 2.81 bits per heavy atom. The van der Waals surface area contributed by atoms with E-state index in [4.69, 9.17) is 4.98 Å². The van der Waals surface area contributed by atoms with Crippen molar-refractivity contribution < 1.29 is 4.79 Å². The highest BCUT2D eigenvalue weighted by Crippen LogP contribution is 2.27. The zero-order valence-electron chi connectivity index (χ0n) is 19.3. The predicted octanol–water partition coefficient (Wildman–Crippen LogP) is 2.53. The van der Waals surface area contributed by atoms with Gasteiger partial charge in [0.1, 0.15) is 5.82 Å². The van der Waals surface area contributed by atoms with Crippen LogP contribution in [-0.2, 0) is 30.8 Å². The van der Waals surface area contributed by atoms with Gasteiger partial charge < -0.3 is 9.88 Å². The van der Waals surface area contributed by atoms with Crippen molar-refractivity contribution in [2.75, 3.05) is 19.6 Å². The van der Waals surface area contributed by atoms with E-state index in [0.29, 0.717) is 31.5 Å². The second kappa shape index (κ2) is 9.81. The maximum Gasteiger partial charge on any atom is 0.256 e. The fourth-order valence-corrected chi connectivity index (χ4v) is 4.77. The summed E-state index contributed by atoms with van der Waals surface area (Å²) in [6.07, 6.45) is 7.79. The molecule has 0 bridgehead atoms.